The minimum Gasteiger partial charge on any atom is -0.355 e. The van der Waals surface area contributed by atoms with Crippen LogP contribution >= 0.6 is 22.6 Å². The molecule has 0 aromatic rings. The number of aliphatic hydroxyl groups is 1. The van der Waals surface area contributed by atoms with Crippen LogP contribution in [0.3, 0.4) is 0 Å². The van der Waals surface area contributed by atoms with E-state index in [1.165, 1.54) is 0 Å². The van der Waals surface area contributed by atoms with Gasteiger partial charge < -0.3 is 10.4 Å². The van der Waals surface area contributed by atoms with Crippen LogP contribution in [0, 0.1) is 0 Å². The third-order valence-electron chi connectivity index (χ3n) is 0.740. The van der Waals surface area contributed by atoms with Crippen LogP contribution in [0.2, 0.25) is 0 Å². The first-order valence-electron chi connectivity index (χ1n) is 2.18. The number of nitrogens with one attached hydrogen (secondary N) is 2. The van der Waals surface area contributed by atoms with Crippen molar-refractivity contribution in [2.24, 2.45) is 5.10 Å². The second kappa shape index (κ2) is 2.48. The lowest BCUT2D eigenvalue weighted by molar-refractivity contribution is -0.118. The molecule has 0 saturated carbocycles. The molecule has 5 nitrogen and oxygen atoms in total. The lowest BCUT2D eigenvalue weighted by atomic mass is 10.6. The number of nitrogens with zero attached hydrogens (tertiary/aromatic N) is 1. The molecule has 0 radical (unpaired) electrons. The molecule has 1 atom stereocenters. The van der Waals surface area contributed by atoms with Gasteiger partial charge in [-0.15, -0.1) is 0 Å². The van der Waals surface area contributed by atoms with Crippen molar-refractivity contribution in [2.45, 2.75) is 6.35 Å². The van der Waals surface area contributed by atoms with E-state index < -0.39 is 6.35 Å². The molecule has 0 spiro atoms. The first-order chi connectivity index (χ1) is 4.20. The quantitative estimate of drug-likeness (QED) is 0.463. The first-order valence-corrected chi connectivity index (χ1v) is 3.25. The van der Waals surface area contributed by atoms with Crippen LogP contribution in [-0.4, -0.2) is 21.1 Å². The highest BCUT2D eigenvalue weighted by Gasteiger charge is 2.16. The summed E-state index contributed by atoms with van der Waals surface area (Å²) in [5, 5.41) is 14.3. The highest BCUT2D eigenvalue weighted by Crippen LogP contribution is 1.94. The van der Waals surface area contributed by atoms with Crippen molar-refractivity contribution in [3.63, 3.8) is 0 Å². The summed E-state index contributed by atoms with van der Waals surface area (Å²) in [5.74, 6) is -0.359. The highest BCUT2D eigenvalue weighted by atomic mass is 127. The van der Waals surface area contributed by atoms with Crippen molar-refractivity contribution < 1.29 is 9.90 Å². The molecule has 3 N–H and O–H groups in total. The number of carbonyl (C=O) groups is 1. The van der Waals surface area contributed by atoms with E-state index in [9.17, 15) is 4.79 Å². The highest BCUT2D eigenvalue weighted by molar-refractivity contribution is 14.1. The molecular weight excluding hydrogens is 237 g/mol. The minimum atomic E-state index is -1.05. The van der Waals surface area contributed by atoms with Gasteiger partial charge in [-0.2, -0.15) is 5.10 Å². The molecular formula is C3H4IN3O2. The van der Waals surface area contributed by atoms with E-state index in [2.05, 4.69) is 15.8 Å². The number of aliphatic hydroxyl groups excluding tert-OH is 1. The van der Waals surface area contributed by atoms with Crippen LogP contribution in [0.5, 0.6) is 0 Å². The molecule has 1 heterocycles. The van der Waals surface area contributed by atoms with Crippen LogP contribution in [-0.2, 0) is 4.79 Å². The Morgan fingerprint density at radius 2 is 2.44 bits per heavy atom. The lowest BCUT2D eigenvalue weighted by Crippen LogP contribution is -2.49. The number of hydrogen-bond acceptors (Lipinski definition) is 4. The molecule has 0 fully saturated rings. The Kier molecular flexibility index (Phi) is 1.86. The number of halogens is 1. The molecule has 0 aromatic carbocycles. The van der Waals surface area contributed by atoms with Crippen molar-refractivity contribution in [1.82, 2.24) is 10.7 Å². The zero-order valence-corrected chi connectivity index (χ0v) is 6.42. The van der Waals surface area contributed by atoms with Gasteiger partial charge in [-0.1, -0.05) is 0 Å². The summed E-state index contributed by atoms with van der Waals surface area (Å²) in [6, 6.07) is 0. The zero-order valence-electron chi connectivity index (χ0n) is 4.26. The van der Waals surface area contributed by atoms with E-state index in [1.807, 2.05) is 0 Å². The van der Waals surface area contributed by atoms with Crippen LogP contribution in [0.15, 0.2) is 5.10 Å². The molecule has 0 aliphatic carbocycles. The Balaban J connectivity index is 2.68. The average Bonchev–Trinajstić information content (AvgIpc) is 1.80. The summed E-state index contributed by atoms with van der Waals surface area (Å²) >= 11 is 1.76. The molecule has 0 aromatic heterocycles. The number of hydrazone groups is 1. The topological polar surface area (TPSA) is 73.7 Å². The van der Waals surface area contributed by atoms with Crippen LogP contribution in [0.4, 0.5) is 0 Å². The summed E-state index contributed by atoms with van der Waals surface area (Å²) in [7, 11) is 0. The van der Waals surface area contributed by atoms with E-state index in [1.54, 1.807) is 22.6 Å². The molecule has 6 heteroatoms. The molecule has 1 amide bonds. The van der Waals surface area contributed by atoms with Gasteiger partial charge in [0.1, 0.15) is 0 Å². The molecule has 1 rings (SSSR count). The van der Waals surface area contributed by atoms with Gasteiger partial charge in [-0.3, -0.25) is 10.2 Å². The van der Waals surface area contributed by atoms with Crippen LogP contribution in [0.1, 0.15) is 0 Å². The average molecular weight is 241 g/mol. The van der Waals surface area contributed by atoms with E-state index in [0.717, 1.165) is 0 Å². The minimum absolute atomic E-state index is 0.290. The predicted octanol–water partition coefficient (Wildman–Crippen LogP) is -1.27. The molecule has 0 bridgehead atoms. The molecule has 0 saturated heterocycles. The number of carbonyl (C=O) groups excluding carboxylic acids is 1. The van der Waals surface area contributed by atoms with Crippen molar-refractivity contribution in [3.05, 3.63) is 0 Å². The van der Waals surface area contributed by atoms with Gasteiger partial charge in [0.2, 0.25) is 6.35 Å². The third-order valence-corrected chi connectivity index (χ3v) is 1.47. The second-order valence-corrected chi connectivity index (χ2v) is 2.43. The zero-order chi connectivity index (χ0) is 6.85. The van der Waals surface area contributed by atoms with Gasteiger partial charge in [0.25, 0.3) is 5.91 Å². The molecule has 9 heavy (non-hydrogen) atoms. The van der Waals surface area contributed by atoms with Crippen molar-refractivity contribution in [3.8, 4) is 0 Å². The van der Waals surface area contributed by atoms with Crippen molar-refractivity contribution >= 4 is 32.2 Å². The van der Waals surface area contributed by atoms with Gasteiger partial charge in [0.15, 0.2) is 3.72 Å². The fourth-order valence-corrected chi connectivity index (χ4v) is 0.680. The van der Waals surface area contributed by atoms with Gasteiger partial charge in [-0.25, -0.2) is 0 Å². The maximum Gasteiger partial charge on any atom is 0.281 e. The second-order valence-electron chi connectivity index (χ2n) is 1.41. The Bertz CT molecular complexity index is 168. The SMILES string of the molecule is O=C1NC(O)NN=C1I. The van der Waals surface area contributed by atoms with Crippen LogP contribution < -0.4 is 10.7 Å². The molecule has 1 unspecified atom stereocenters. The maximum atomic E-state index is 10.6. The Labute approximate surface area is 64.6 Å². The Morgan fingerprint density at radius 3 is 2.89 bits per heavy atom. The number of amides is 1. The van der Waals surface area contributed by atoms with E-state index >= 15 is 0 Å². The summed E-state index contributed by atoms with van der Waals surface area (Å²) < 4.78 is 0.290. The Hall–Kier alpha value is -0.370. The van der Waals surface area contributed by atoms with Gasteiger partial charge in [-0.05, 0) is 22.6 Å². The third kappa shape index (κ3) is 1.52. The summed E-state index contributed by atoms with van der Waals surface area (Å²) in [4.78, 5) is 10.6. The number of hydrogen-bond donors (Lipinski definition) is 3. The predicted molar refractivity (Wildman–Crippen MR) is 38.7 cm³/mol. The molecule has 1 aliphatic heterocycles. The molecule has 50 valence electrons. The van der Waals surface area contributed by atoms with Gasteiger partial charge >= 0.3 is 0 Å². The monoisotopic (exact) mass is 241 g/mol. The largest absolute Gasteiger partial charge is 0.355 e. The Morgan fingerprint density at radius 1 is 1.78 bits per heavy atom. The van der Waals surface area contributed by atoms with Crippen LogP contribution in [0.25, 0.3) is 0 Å². The fraction of sp³-hybridized carbons (Fsp3) is 0.333. The fourth-order valence-electron chi connectivity index (χ4n) is 0.385. The summed E-state index contributed by atoms with van der Waals surface area (Å²) in [6.07, 6.45) is -1.05. The van der Waals surface area contributed by atoms with Gasteiger partial charge in [0, 0.05) is 0 Å². The summed E-state index contributed by atoms with van der Waals surface area (Å²) in [5.41, 5.74) is 2.27. The smallest absolute Gasteiger partial charge is 0.281 e. The standard InChI is InChI=1S/C3H4IN3O2/c4-1-2(8)5-3(9)7-6-1/h3,7,9H,(H,5,8). The maximum absolute atomic E-state index is 10.6. The normalized spacial score (nSPS) is 26.2. The first kappa shape index (κ1) is 6.75. The number of rotatable bonds is 0. The van der Waals surface area contributed by atoms with Gasteiger partial charge in [0.05, 0.1) is 0 Å². The van der Waals surface area contributed by atoms with E-state index in [-0.39, 0.29) is 9.63 Å². The van der Waals surface area contributed by atoms with Crippen molar-refractivity contribution in [2.75, 3.05) is 0 Å². The molecule has 1 aliphatic rings. The van der Waals surface area contributed by atoms with E-state index in [4.69, 9.17) is 5.11 Å². The summed E-state index contributed by atoms with van der Waals surface area (Å²) in [6.45, 7) is 0. The van der Waals surface area contributed by atoms with E-state index in [0.29, 0.717) is 0 Å². The lowest BCUT2D eigenvalue weighted by Gasteiger charge is -2.15. The van der Waals surface area contributed by atoms with Crippen molar-refractivity contribution in [1.29, 1.82) is 0 Å².